The largest absolute Gasteiger partial charge is 0.438 e. The first kappa shape index (κ1) is 8.41. The van der Waals surface area contributed by atoms with E-state index in [1.54, 1.807) is 0 Å². The predicted molar refractivity (Wildman–Crippen MR) is 53.5 cm³/mol. The van der Waals surface area contributed by atoms with Crippen LogP contribution in [0, 0.1) is 5.82 Å². The third-order valence-corrected chi connectivity index (χ3v) is 2.51. The SMILES string of the molecule is Fc1ccnc2c1Cc1ccccc1O2. The Morgan fingerprint density at radius 1 is 1.20 bits per heavy atom. The molecule has 0 amide bonds. The second-order valence-electron chi connectivity index (χ2n) is 3.46. The number of rotatable bonds is 0. The molecule has 1 aliphatic rings. The van der Waals surface area contributed by atoms with Gasteiger partial charge in [-0.3, -0.25) is 0 Å². The molecule has 0 aliphatic carbocycles. The highest BCUT2D eigenvalue weighted by molar-refractivity contribution is 5.46. The molecule has 2 aromatic rings. The molecule has 2 nitrogen and oxygen atoms in total. The number of para-hydroxylation sites is 1. The molecule has 3 heteroatoms. The van der Waals surface area contributed by atoms with Crippen LogP contribution in [0.5, 0.6) is 11.6 Å². The van der Waals surface area contributed by atoms with Crippen LogP contribution in [0.2, 0.25) is 0 Å². The molecule has 2 heterocycles. The molecule has 74 valence electrons. The Morgan fingerprint density at radius 2 is 2.07 bits per heavy atom. The van der Waals surface area contributed by atoms with Gasteiger partial charge in [0.25, 0.3) is 0 Å². The van der Waals surface area contributed by atoms with Gasteiger partial charge in [0.15, 0.2) is 0 Å². The van der Waals surface area contributed by atoms with Crippen LogP contribution in [0.1, 0.15) is 11.1 Å². The zero-order chi connectivity index (χ0) is 10.3. The van der Waals surface area contributed by atoms with Gasteiger partial charge in [-0.15, -0.1) is 0 Å². The third kappa shape index (κ3) is 1.28. The second-order valence-corrected chi connectivity index (χ2v) is 3.46. The van der Waals surface area contributed by atoms with Gasteiger partial charge in [0.1, 0.15) is 11.6 Å². The number of fused-ring (bicyclic) bond motifs is 2. The Hall–Kier alpha value is -1.90. The molecule has 0 N–H and O–H groups in total. The molecule has 1 aromatic heterocycles. The molecule has 1 aromatic carbocycles. The minimum absolute atomic E-state index is 0.255. The molecule has 0 saturated carbocycles. The summed E-state index contributed by atoms with van der Waals surface area (Å²) in [5.41, 5.74) is 1.54. The van der Waals surface area contributed by atoms with E-state index in [1.807, 2.05) is 24.3 Å². The highest BCUT2D eigenvalue weighted by Gasteiger charge is 2.20. The Labute approximate surface area is 86.3 Å². The van der Waals surface area contributed by atoms with E-state index in [0.717, 1.165) is 11.3 Å². The van der Waals surface area contributed by atoms with Crippen LogP contribution in [0.4, 0.5) is 4.39 Å². The molecule has 15 heavy (non-hydrogen) atoms. The van der Waals surface area contributed by atoms with E-state index < -0.39 is 0 Å². The molecule has 0 radical (unpaired) electrons. The lowest BCUT2D eigenvalue weighted by molar-refractivity contribution is 0.430. The fourth-order valence-corrected chi connectivity index (χ4v) is 1.74. The van der Waals surface area contributed by atoms with Crippen molar-refractivity contribution in [3.63, 3.8) is 0 Å². The van der Waals surface area contributed by atoms with Gasteiger partial charge in [0, 0.05) is 12.6 Å². The van der Waals surface area contributed by atoms with Gasteiger partial charge in [-0.2, -0.15) is 0 Å². The zero-order valence-corrected chi connectivity index (χ0v) is 7.90. The van der Waals surface area contributed by atoms with Crippen molar-refractivity contribution in [2.24, 2.45) is 0 Å². The number of aromatic nitrogens is 1. The topological polar surface area (TPSA) is 22.1 Å². The van der Waals surface area contributed by atoms with Gasteiger partial charge in [-0.1, -0.05) is 18.2 Å². The maximum atomic E-state index is 13.4. The van der Waals surface area contributed by atoms with Crippen LogP contribution in [-0.2, 0) is 6.42 Å². The Balaban J connectivity index is 2.15. The Morgan fingerprint density at radius 3 is 3.00 bits per heavy atom. The van der Waals surface area contributed by atoms with Crippen molar-refractivity contribution in [3.05, 3.63) is 53.5 Å². The fourth-order valence-electron chi connectivity index (χ4n) is 1.74. The summed E-state index contributed by atoms with van der Waals surface area (Å²) >= 11 is 0. The van der Waals surface area contributed by atoms with Crippen LogP contribution < -0.4 is 4.74 Å². The summed E-state index contributed by atoms with van der Waals surface area (Å²) in [6.07, 6.45) is 1.97. The first-order chi connectivity index (χ1) is 7.34. The summed E-state index contributed by atoms with van der Waals surface area (Å²) in [6, 6.07) is 8.97. The van der Waals surface area contributed by atoms with E-state index in [-0.39, 0.29) is 5.82 Å². The van der Waals surface area contributed by atoms with Crippen LogP contribution in [-0.4, -0.2) is 4.98 Å². The van der Waals surface area contributed by atoms with E-state index in [0.29, 0.717) is 17.9 Å². The Kier molecular flexibility index (Phi) is 1.71. The summed E-state index contributed by atoms with van der Waals surface area (Å²) in [6.45, 7) is 0. The first-order valence-corrected chi connectivity index (χ1v) is 4.74. The van der Waals surface area contributed by atoms with Crippen molar-refractivity contribution < 1.29 is 9.13 Å². The number of halogens is 1. The molecule has 0 spiro atoms. The van der Waals surface area contributed by atoms with Crippen molar-refractivity contribution in [1.82, 2.24) is 4.98 Å². The number of ether oxygens (including phenoxy) is 1. The summed E-state index contributed by atoms with van der Waals surface area (Å²) in [5.74, 6) is 0.895. The first-order valence-electron chi connectivity index (χ1n) is 4.74. The molecule has 0 unspecified atom stereocenters. The van der Waals surface area contributed by atoms with E-state index in [1.165, 1.54) is 12.3 Å². The minimum atomic E-state index is -0.255. The molecule has 3 rings (SSSR count). The molecule has 0 bridgehead atoms. The molecular weight excluding hydrogens is 193 g/mol. The summed E-state index contributed by atoms with van der Waals surface area (Å²) in [5, 5.41) is 0. The van der Waals surface area contributed by atoms with Crippen LogP contribution in [0.15, 0.2) is 36.5 Å². The van der Waals surface area contributed by atoms with Crippen molar-refractivity contribution in [3.8, 4) is 11.6 Å². The van der Waals surface area contributed by atoms with Crippen molar-refractivity contribution in [2.75, 3.05) is 0 Å². The Bertz CT molecular complexity index is 525. The van der Waals surface area contributed by atoms with Gasteiger partial charge in [0.05, 0.1) is 5.56 Å². The number of benzene rings is 1. The van der Waals surface area contributed by atoms with Crippen LogP contribution in [0.3, 0.4) is 0 Å². The lowest BCUT2D eigenvalue weighted by atomic mass is 10.0. The standard InChI is InChI=1S/C12H8FNO/c13-10-5-6-14-12-9(10)7-8-3-1-2-4-11(8)15-12/h1-6H,7H2. The van der Waals surface area contributed by atoms with Crippen LogP contribution >= 0.6 is 0 Å². The van der Waals surface area contributed by atoms with Gasteiger partial charge < -0.3 is 4.74 Å². The number of hydrogen-bond donors (Lipinski definition) is 0. The van der Waals surface area contributed by atoms with Gasteiger partial charge >= 0.3 is 0 Å². The van der Waals surface area contributed by atoms with Crippen molar-refractivity contribution in [2.45, 2.75) is 6.42 Å². The smallest absolute Gasteiger partial charge is 0.225 e. The van der Waals surface area contributed by atoms with Crippen molar-refractivity contribution >= 4 is 0 Å². The lowest BCUT2D eigenvalue weighted by Gasteiger charge is -2.18. The van der Waals surface area contributed by atoms with E-state index in [9.17, 15) is 4.39 Å². The third-order valence-electron chi connectivity index (χ3n) is 2.51. The van der Waals surface area contributed by atoms with E-state index >= 15 is 0 Å². The predicted octanol–water partition coefficient (Wildman–Crippen LogP) is 2.92. The van der Waals surface area contributed by atoms with E-state index in [4.69, 9.17) is 4.74 Å². The second kappa shape index (κ2) is 3.05. The maximum Gasteiger partial charge on any atom is 0.225 e. The lowest BCUT2D eigenvalue weighted by Crippen LogP contribution is -2.06. The maximum absolute atomic E-state index is 13.4. The molecule has 1 aliphatic heterocycles. The van der Waals surface area contributed by atoms with Crippen LogP contribution in [0.25, 0.3) is 0 Å². The average molecular weight is 201 g/mol. The number of pyridine rings is 1. The molecule has 0 fully saturated rings. The highest BCUT2D eigenvalue weighted by atomic mass is 19.1. The molecule has 0 saturated heterocycles. The quantitative estimate of drug-likeness (QED) is 0.558. The summed E-state index contributed by atoms with van der Waals surface area (Å²) in [4.78, 5) is 4.02. The minimum Gasteiger partial charge on any atom is -0.438 e. The normalized spacial score (nSPS) is 12.6. The monoisotopic (exact) mass is 201 g/mol. The average Bonchev–Trinajstić information content (AvgIpc) is 2.27. The molecule has 0 atom stereocenters. The summed E-state index contributed by atoms with van der Waals surface area (Å²) < 4.78 is 19.0. The molecular formula is C12H8FNO. The van der Waals surface area contributed by atoms with E-state index in [2.05, 4.69) is 4.98 Å². The number of hydrogen-bond acceptors (Lipinski definition) is 2. The summed E-state index contributed by atoms with van der Waals surface area (Å²) in [7, 11) is 0. The zero-order valence-electron chi connectivity index (χ0n) is 7.90. The van der Waals surface area contributed by atoms with Gasteiger partial charge in [-0.05, 0) is 17.7 Å². The number of nitrogens with zero attached hydrogens (tertiary/aromatic N) is 1. The van der Waals surface area contributed by atoms with Crippen molar-refractivity contribution in [1.29, 1.82) is 0 Å². The fraction of sp³-hybridized carbons (Fsp3) is 0.0833. The van der Waals surface area contributed by atoms with Gasteiger partial charge in [0.2, 0.25) is 5.88 Å². The van der Waals surface area contributed by atoms with Gasteiger partial charge in [-0.25, -0.2) is 9.37 Å². The highest BCUT2D eigenvalue weighted by Crippen LogP contribution is 2.35.